The Morgan fingerprint density at radius 2 is 1.96 bits per heavy atom. The van der Waals surface area contributed by atoms with Crippen LogP contribution in [0.4, 0.5) is 0 Å². The number of oxazole rings is 1. The van der Waals surface area contributed by atoms with Crippen molar-refractivity contribution in [3.63, 3.8) is 0 Å². The predicted octanol–water partition coefficient (Wildman–Crippen LogP) is 2.16. The van der Waals surface area contributed by atoms with Crippen molar-refractivity contribution < 1.29 is 4.42 Å². The number of guanidine groups is 1. The second-order valence-electron chi connectivity index (χ2n) is 6.34. The lowest BCUT2D eigenvalue weighted by atomic mass is 9.97. The Labute approximate surface area is 139 Å². The SMILES string of the molecule is CCN(CC)C(N)=NCC1CCN(Cc2nc(C)c(C)o2)CC1. The minimum atomic E-state index is 0.633. The van der Waals surface area contributed by atoms with E-state index in [9.17, 15) is 0 Å². The van der Waals surface area contributed by atoms with Crippen LogP contribution in [0.3, 0.4) is 0 Å². The average molecular weight is 321 g/mol. The van der Waals surface area contributed by atoms with Crippen LogP contribution in [-0.2, 0) is 6.54 Å². The number of nitrogens with two attached hydrogens (primary N) is 1. The molecule has 130 valence electrons. The van der Waals surface area contributed by atoms with Crippen LogP contribution < -0.4 is 5.73 Å². The molecule has 0 atom stereocenters. The highest BCUT2D eigenvalue weighted by Crippen LogP contribution is 2.20. The quantitative estimate of drug-likeness (QED) is 0.642. The van der Waals surface area contributed by atoms with E-state index in [2.05, 4.69) is 33.6 Å². The average Bonchev–Trinajstić information content (AvgIpc) is 2.85. The van der Waals surface area contributed by atoms with Crippen molar-refractivity contribution >= 4 is 5.96 Å². The van der Waals surface area contributed by atoms with Gasteiger partial charge in [-0.1, -0.05) is 0 Å². The fourth-order valence-electron chi connectivity index (χ4n) is 3.00. The normalized spacial score (nSPS) is 17.7. The number of likely N-dealkylation sites (tertiary alicyclic amines) is 1. The van der Waals surface area contributed by atoms with Crippen molar-refractivity contribution in [1.82, 2.24) is 14.8 Å². The molecular formula is C17H31N5O. The van der Waals surface area contributed by atoms with Crippen molar-refractivity contribution in [2.75, 3.05) is 32.7 Å². The fraction of sp³-hybridized carbons (Fsp3) is 0.765. The number of hydrogen-bond donors (Lipinski definition) is 1. The molecule has 2 N–H and O–H groups in total. The first-order valence-corrected chi connectivity index (χ1v) is 8.73. The number of hydrogen-bond acceptors (Lipinski definition) is 4. The van der Waals surface area contributed by atoms with Crippen molar-refractivity contribution in [2.45, 2.75) is 47.1 Å². The summed E-state index contributed by atoms with van der Waals surface area (Å²) >= 11 is 0. The maximum Gasteiger partial charge on any atom is 0.208 e. The molecule has 2 rings (SSSR count). The van der Waals surface area contributed by atoms with Crippen LogP contribution >= 0.6 is 0 Å². The number of aromatic nitrogens is 1. The third-order valence-electron chi connectivity index (χ3n) is 4.74. The van der Waals surface area contributed by atoms with Crippen LogP contribution in [0.5, 0.6) is 0 Å². The third kappa shape index (κ3) is 4.96. The fourth-order valence-corrected chi connectivity index (χ4v) is 3.00. The van der Waals surface area contributed by atoms with Gasteiger partial charge in [0.05, 0.1) is 12.2 Å². The molecule has 0 amide bonds. The predicted molar refractivity (Wildman–Crippen MR) is 93.4 cm³/mol. The summed E-state index contributed by atoms with van der Waals surface area (Å²) in [5.41, 5.74) is 7.04. The molecule has 6 nitrogen and oxygen atoms in total. The monoisotopic (exact) mass is 321 g/mol. The first-order valence-electron chi connectivity index (χ1n) is 8.73. The highest BCUT2D eigenvalue weighted by molar-refractivity contribution is 5.77. The topological polar surface area (TPSA) is 70.9 Å². The smallest absolute Gasteiger partial charge is 0.208 e. The first-order chi connectivity index (χ1) is 11.0. The van der Waals surface area contributed by atoms with Gasteiger partial charge in [-0.3, -0.25) is 9.89 Å². The van der Waals surface area contributed by atoms with E-state index in [4.69, 9.17) is 10.2 Å². The van der Waals surface area contributed by atoms with Gasteiger partial charge in [-0.05, 0) is 59.5 Å². The van der Waals surface area contributed by atoms with Crippen LogP contribution in [0.25, 0.3) is 0 Å². The Bertz CT molecular complexity index is 494. The molecule has 1 saturated heterocycles. The van der Waals surface area contributed by atoms with Crippen molar-refractivity contribution in [2.24, 2.45) is 16.6 Å². The zero-order chi connectivity index (χ0) is 16.8. The van der Waals surface area contributed by atoms with Gasteiger partial charge in [0.1, 0.15) is 5.76 Å². The number of nitrogens with zero attached hydrogens (tertiary/aromatic N) is 4. The Morgan fingerprint density at radius 3 is 2.48 bits per heavy atom. The summed E-state index contributed by atoms with van der Waals surface area (Å²) in [6.07, 6.45) is 2.32. The molecule has 23 heavy (non-hydrogen) atoms. The molecule has 0 aromatic carbocycles. The minimum absolute atomic E-state index is 0.633. The largest absolute Gasteiger partial charge is 0.444 e. The highest BCUT2D eigenvalue weighted by Gasteiger charge is 2.21. The molecule has 0 saturated carbocycles. The molecule has 6 heteroatoms. The molecule has 1 fully saturated rings. The van der Waals surface area contributed by atoms with Gasteiger partial charge < -0.3 is 15.1 Å². The first kappa shape index (κ1) is 17.8. The van der Waals surface area contributed by atoms with Crippen molar-refractivity contribution in [1.29, 1.82) is 0 Å². The van der Waals surface area contributed by atoms with Crippen LogP contribution in [0.2, 0.25) is 0 Å². The summed E-state index contributed by atoms with van der Waals surface area (Å²) in [5, 5.41) is 0. The molecule has 0 bridgehead atoms. The number of piperidine rings is 1. The van der Waals surface area contributed by atoms with Crippen LogP contribution in [0, 0.1) is 19.8 Å². The van der Waals surface area contributed by atoms with Gasteiger partial charge in [0.2, 0.25) is 5.89 Å². The maximum atomic E-state index is 6.05. The van der Waals surface area contributed by atoms with E-state index < -0.39 is 0 Å². The Balaban J connectivity index is 1.76. The summed E-state index contributed by atoms with van der Waals surface area (Å²) in [7, 11) is 0. The molecule has 0 unspecified atom stereocenters. The lowest BCUT2D eigenvalue weighted by Gasteiger charge is -2.30. The number of rotatable bonds is 6. The van der Waals surface area contributed by atoms with E-state index in [-0.39, 0.29) is 0 Å². The second-order valence-corrected chi connectivity index (χ2v) is 6.34. The summed E-state index contributed by atoms with van der Waals surface area (Å²) in [6, 6.07) is 0. The lowest BCUT2D eigenvalue weighted by Crippen LogP contribution is -2.38. The molecule has 2 heterocycles. The summed E-state index contributed by atoms with van der Waals surface area (Å²) in [5.74, 6) is 3.08. The van der Waals surface area contributed by atoms with Crippen molar-refractivity contribution in [3.8, 4) is 0 Å². The number of aliphatic imine (C=N–C) groups is 1. The van der Waals surface area contributed by atoms with E-state index in [1.807, 2.05) is 13.8 Å². The van der Waals surface area contributed by atoms with Gasteiger partial charge in [0, 0.05) is 19.6 Å². The Hall–Kier alpha value is -1.56. The highest BCUT2D eigenvalue weighted by atomic mass is 16.4. The van der Waals surface area contributed by atoms with Crippen LogP contribution in [0.15, 0.2) is 9.41 Å². The summed E-state index contributed by atoms with van der Waals surface area (Å²) in [4.78, 5) is 13.6. The van der Waals surface area contributed by atoms with E-state index >= 15 is 0 Å². The molecule has 1 aliphatic rings. The van der Waals surface area contributed by atoms with Crippen LogP contribution in [0.1, 0.15) is 44.0 Å². The van der Waals surface area contributed by atoms with Gasteiger partial charge in [-0.15, -0.1) is 0 Å². The summed E-state index contributed by atoms with van der Waals surface area (Å²) < 4.78 is 5.68. The molecule has 1 aromatic rings. The minimum Gasteiger partial charge on any atom is -0.444 e. The second kappa shape index (κ2) is 8.34. The zero-order valence-electron chi connectivity index (χ0n) is 15.0. The molecule has 1 aliphatic heterocycles. The third-order valence-corrected chi connectivity index (χ3v) is 4.74. The van der Waals surface area contributed by atoms with Gasteiger partial charge in [-0.2, -0.15) is 0 Å². The van der Waals surface area contributed by atoms with E-state index in [0.29, 0.717) is 11.9 Å². The standard InChI is InChI=1S/C17H31N5O/c1-5-22(6-2)17(18)19-11-15-7-9-21(10-8-15)12-16-20-13(3)14(4)23-16/h15H,5-12H2,1-4H3,(H2,18,19). The van der Waals surface area contributed by atoms with Gasteiger partial charge in [0.25, 0.3) is 0 Å². The molecule has 0 radical (unpaired) electrons. The Morgan fingerprint density at radius 1 is 1.30 bits per heavy atom. The molecule has 0 spiro atoms. The van der Waals surface area contributed by atoms with Gasteiger partial charge >= 0.3 is 0 Å². The molecule has 0 aliphatic carbocycles. The molecular weight excluding hydrogens is 290 g/mol. The van der Waals surface area contributed by atoms with Gasteiger partial charge in [-0.25, -0.2) is 4.98 Å². The zero-order valence-corrected chi connectivity index (χ0v) is 15.0. The lowest BCUT2D eigenvalue weighted by molar-refractivity contribution is 0.166. The van der Waals surface area contributed by atoms with E-state index in [1.54, 1.807) is 0 Å². The van der Waals surface area contributed by atoms with E-state index in [1.165, 1.54) is 0 Å². The van der Waals surface area contributed by atoms with Crippen molar-refractivity contribution in [3.05, 3.63) is 17.3 Å². The Kier molecular flexibility index (Phi) is 6.45. The van der Waals surface area contributed by atoms with Gasteiger partial charge in [0.15, 0.2) is 5.96 Å². The maximum absolute atomic E-state index is 6.05. The molecule has 1 aromatic heterocycles. The summed E-state index contributed by atoms with van der Waals surface area (Å²) in [6.45, 7) is 13.8. The van der Waals surface area contributed by atoms with Crippen LogP contribution in [-0.4, -0.2) is 53.5 Å². The number of aryl methyl sites for hydroxylation is 2. The van der Waals surface area contributed by atoms with E-state index in [0.717, 1.165) is 69.5 Å².